The molecule has 0 bridgehead atoms. The topological polar surface area (TPSA) is 38.8 Å². The van der Waals surface area contributed by atoms with Crippen LogP contribution in [0, 0.1) is 0 Å². The van der Waals surface area contributed by atoms with Gasteiger partial charge in [0.25, 0.3) is 0 Å². The van der Waals surface area contributed by atoms with Crippen LogP contribution < -0.4 is 4.74 Å². The van der Waals surface area contributed by atoms with E-state index in [4.69, 9.17) is 9.47 Å². The smallest absolute Gasteiger partial charge is 0.223 e. The van der Waals surface area contributed by atoms with Gasteiger partial charge < -0.3 is 14.4 Å². The first kappa shape index (κ1) is 15.3. The molecule has 0 spiro atoms. The Balaban J connectivity index is 1.43. The molecule has 1 saturated heterocycles. The summed E-state index contributed by atoms with van der Waals surface area (Å²) in [5.41, 5.74) is 0. The van der Waals surface area contributed by atoms with E-state index in [0.717, 1.165) is 31.6 Å². The summed E-state index contributed by atoms with van der Waals surface area (Å²) >= 11 is 0. The molecule has 1 aromatic carbocycles. The molecule has 3 rings (SSSR count). The lowest BCUT2D eigenvalue weighted by Crippen LogP contribution is -2.54. The summed E-state index contributed by atoms with van der Waals surface area (Å²) in [7, 11) is 0. The van der Waals surface area contributed by atoms with Crippen LogP contribution in [-0.2, 0) is 9.53 Å². The van der Waals surface area contributed by atoms with E-state index in [-0.39, 0.29) is 12.0 Å². The molecule has 1 saturated carbocycles. The molecule has 2 aliphatic rings. The van der Waals surface area contributed by atoms with E-state index < -0.39 is 0 Å². The average molecular weight is 303 g/mol. The molecule has 4 nitrogen and oxygen atoms in total. The second-order valence-electron chi connectivity index (χ2n) is 6.11. The zero-order chi connectivity index (χ0) is 15.2. The minimum absolute atomic E-state index is 0.261. The second kappa shape index (κ2) is 7.63. The van der Waals surface area contributed by atoms with Gasteiger partial charge in [-0.25, -0.2) is 0 Å². The largest absolute Gasteiger partial charge is 0.494 e. The lowest BCUT2D eigenvalue weighted by Gasteiger charge is -2.43. The van der Waals surface area contributed by atoms with Gasteiger partial charge in [-0.15, -0.1) is 0 Å². The summed E-state index contributed by atoms with van der Waals surface area (Å²) in [4.78, 5) is 14.5. The number of fused-ring (bicyclic) bond motifs is 1. The minimum atomic E-state index is 0.261. The number of para-hydroxylation sites is 1. The third-order valence-electron chi connectivity index (χ3n) is 4.60. The first-order chi connectivity index (χ1) is 10.8. The molecule has 120 valence electrons. The molecule has 2 unspecified atom stereocenters. The van der Waals surface area contributed by atoms with Crippen molar-refractivity contribution in [2.24, 2.45) is 0 Å². The van der Waals surface area contributed by atoms with Crippen LogP contribution in [0.5, 0.6) is 5.75 Å². The van der Waals surface area contributed by atoms with E-state index >= 15 is 0 Å². The van der Waals surface area contributed by atoms with Gasteiger partial charge in [-0.05, 0) is 31.4 Å². The third-order valence-corrected chi connectivity index (χ3v) is 4.60. The third kappa shape index (κ3) is 3.80. The Morgan fingerprint density at radius 2 is 2.05 bits per heavy atom. The summed E-state index contributed by atoms with van der Waals surface area (Å²) in [5.74, 6) is 1.13. The molecule has 22 heavy (non-hydrogen) atoms. The van der Waals surface area contributed by atoms with Crippen LogP contribution in [-0.4, -0.2) is 42.7 Å². The van der Waals surface area contributed by atoms with Crippen LogP contribution in [0.1, 0.15) is 38.5 Å². The number of benzene rings is 1. The quantitative estimate of drug-likeness (QED) is 0.785. The summed E-state index contributed by atoms with van der Waals surface area (Å²) in [6.45, 7) is 2.03. The minimum Gasteiger partial charge on any atom is -0.494 e. The number of morpholine rings is 1. The van der Waals surface area contributed by atoms with Gasteiger partial charge >= 0.3 is 0 Å². The average Bonchev–Trinajstić information content (AvgIpc) is 2.59. The van der Waals surface area contributed by atoms with Gasteiger partial charge in [0.15, 0.2) is 0 Å². The van der Waals surface area contributed by atoms with E-state index in [1.54, 1.807) is 0 Å². The van der Waals surface area contributed by atoms with Gasteiger partial charge in [-0.3, -0.25) is 4.79 Å². The van der Waals surface area contributed by atoms with Crippen LogP contribution in [0.2, 0.25) is 0 Å². The molecule has 1 aromatic rings. The molecule has 4 heteroatoms. The van der Waals surface area contributed by atoms with E-state index in [2.05, 4.69) is 4.90 Å². The van der Waals surface area contributed by atoms with Crippen molar-refractivity contribution in [2.45, 2.75) is 50.7 Å². The maximum absolute atomic E-state index is 12.5. The molecule has 1 aliphatic carbocycles. The Morgan fingerprint density at radius 1 is 1.23 bits per heavy atom. The summed E-state index contributed by atoms with van der Waals surface area (Å²) in [6.07, 6.45) is 6.24. The number of carbonyl (C=O) groups excluding carboxylic acids is 1. The maximum Gasteiger partial charge on any atom is 0.223 e. The number of amides is 1. The first-order valence-electron chi connectivity index (χ1n) is 8.43. The Hall–Kier alpha value is -1.55. The van der Waals surface area contributed by atoms with Gasteiger partial charge in [-0.1, -0.05) is 31.0 Å². The molecular formula is C18H25NO3. The monoisotopic (exact) mass is 303 g/mol. The van der Waals surface area contributed by atoms with Crippen molar-refractivity contribution in [1.29, 1.82) is 0 Å². The first-order valence-corrected chi connectivity index (χ1v) is 8.43. The summed E-state index contributed by atoms with van der Waals surface area (Å²) in [6, 6.07) is 10.1. The molecule has 1 amide bonds. The molecule has 1 heterocycles. The number of nitrogens with zero attached hydrogens (tertiary/aromatic N) is 1. The highest BCUT2D eigenvalue weighted by atomic mass is 16.5. The molecule has 0 radical (unpaired) electrons. The van der Waals surface area contributed by atoms with Crippen LogP contribution in [0.4, 0.5) is 0 Å². The van der Waals surface area contributed by atoms with Gasteiger partial charge in [0.2, 0.25) is 5.91 Å². The fraction of sp³-hybridized carbons (Fsp3) is 0.611. The van der Waals surface area contributed by atoms with Crippen molar-refractivity contribution in [2.75, 3.05) is 19.8 Å². The molecule has 0 aromatic heterocycles. The molecule has 2 atom stereocenters. The fourth-order valence-corrected chi connectivity index (χ4v) is 3.48. The molecule has 2 fully saturated rings. The van der Waals surface area contributed by atoms with Crippen LogP contribution >= 0.6 is 0 Å². The van der Waals surface area contributed by atoms with Crippen molar-refractivity contribution < 1.29 is 14.3 Å². The predicted molar refractivity (Wildman–Crippen MR) is 84.9 cm³/mol. The van der Waals surface area contributed by atoms with E-state index in [1.165, 1.54) is 12.8 Å². The van der Waals surface area contributed by atoms with Gasteiger partial charge in [-0.2, -0.15) is 0 Å². The molecule has 1 aliphatic heterocycles. The Kier molecular flexibility index (Phi) is 5.33. The number of ether oxygens (including phenoxy) is 2. The number of carbonyl (C=O) groups is 1. The van der Waals surface area contributed by atoms with Crippen molar-refractivity contribution in [3.8, 4) is 5.75 Å². The highest BCUT2D eigenvalue weighted by molar-refractivity contribution is 5.76. The normalized spacial score (nSPS) is 24.6. The lowest BCUT2D eigenvalue weighted by atomic mass is 9.90. The Labute approximate surface area is 132 Å². The van der Waals surface area contributed by atoms with Crippen LogP contribution in [0.3, 0.4) is 0 Å². The summed E-state index contributed by atoms with van der Waals surface area (Å²) in [5, 5.41) is 0. The second-order valence-corrected chi connectivity index (χ2v) is 6.11. The van der Waals surface area contributed by atoms with Crippen molar-refractivity contribution in [3.05, 3.63) is 30.3 Å². The molecular weight excluding hydrogens is 278 g/mol. The zero-order valence-corrected chi connectivity index (χ0v) is 13.1. The maximum atomic E-state index is 12.5. The molecule has 0 N–H and O–H groups in total. The van der Waals surface area contributed by atoms with E-state index in [9.17, 15) is 4.79 Å². The van der Waals surface area contributed by atoms with Crippen molar-refractivity contribution in [1.82, 2.24) is 4.90 Å². The zero-order valence-electron chi connectivity index (χ0n) is 13.1. The lowest BCUT2D eigenvalue weighted by molar-refractivity contribution is -0.149. The van der Waals surface area contributed by atoms with Crippen molar-refractivity contribution in [3.63, 3.8) is 0 Å². The van der Waals surface area contributed by atoms with Gasteiger partial charge in [0.05, 0.1) is 25.4 Å². The highest BCUT2D eigenvalue weighted by Gasteiger charge is 2.36. The predicted octanol–water partition coefficient (Wildman–Crippen LogP) is 3.02. The number of hydrogen-bond acceptors (Lipinski definition) is 3. The highest BCUT2D eigenvalue weighted by Crippen LogP contribution is 2.28. The SMILES string of the molecule is O=C(CCCOc1ccccc1)N1CCOC2CCCCC21. The van der Waals surface area contributed by atoms with Crippen molar-refractivity contribution >= 4 is 5.91 Å². The number of hydrogen-bond donors (Lipinski definition) is 0. The Bertz CT molecular complexity index is 474. The van der Waals surface area contributed by atoms with Gasteiger partial charge in [0.1, 0.15) is 5.75 Å². The Morgan fingerprint density at radius 3 is 2.91 bits per heavy atom. The van der Waals surface area contributed by atoms with E-state index in [0.29, 0.717) is 25.7 Å². The van der Waals surface area contributed by atoms with Crippen LogP contribution in [0.25, 0.3) is 0 Å². The number of rotatable bonds is 5. The fourth-order valence-electron chi connectivity index (χ4n) is 3.48. The van der Waals surface area contributed by atoms with Gasteiger partial charge in [0, 0.05) is 13.0 Å². The standard InChI is InChI=1S/C18H25NO3/c20-18(11-6-13-21-15-7-2-1-3-8-15)19-12-14-22-17-10-5-4-9-16(17)19/h1-3,7-8,16-17H,4-6,9-14H2. The van der Waals surface area contributed by atoms with E-state index in [1.807, 2.05) is 30.3 Å². The summed E-state index contributed by atoms with van der Waals surface area (Å²) < 4.78 is 11.5. The van der Waals surface area contributed by atoms with Crippen LogP contribution in [0.15, 0.2) is 30.3 Å².